The standard InChI is InChI=1S/C17H23BrClNO3/c1-17(2,3)23-16(21)20-8-6-12(7-9-20)11-22-15-10-13(18)4-5-14(15)19/h4-5,10,12H,6-9,11H2,1-3H3. The van der Waals surface area contributed by atoms with Crippen molar-refractivity contribution in [2.45, 2.75) is 39.2 Å². The number of hydrogen-bond acceptors (Lipinski definition) is 3. The number of carbonyl (C=O) groups excluding carboxylic acids is 1. The predicted molar refractivity (Wildman–Crippen MR) is 95.2 cm³/mol. The molecule has 1 aromatic carbocycles. The molecule has 1 fully saturated rings. The molecular weight excluding hydrogens is 382 g/mol. The molecular formula is C17H23BrClNO3. The Labute approximate surface area is 151 Å². The van der Waals surface area contributed by atoms with Gasteiger partial charge in [-0.3, -0.25) is 0 Å². The largest absolute Gasteiger partial charge is 0.492 e. The first kappa shape index (κ1) is 18.4. The maximum Gasteiger partial charge on any atom is 0.410 e. The highest BCUT2D eigenvalue weighted by molar-refractivity contribution is 9.10. The van der Waals surface area contributed by atoms with Crippen LogP contribution in [0.3, 0.4) is 0 Å². The van der Waals surface area contributed by atoms with Crippen molar-refractivity contribution in [2.24, 2.45) is 5.92 Å². The molecule has 0 aromatic heterocycles. The summed E-state index contributed by atoms with van der Waals surface area (Å²) in [5.41, 5.74) is -0.450. The molecule has 0 aliphatic carbocycles. The average molecular weight is 405 g/mol. The fraction of sp³-hybridized carbons (Fsp3) is 0.588. The van der Waals surface area contributed by atoms with E-state index in [-0.39, 0.29) is 6.09 Å². The van der Waals surface area contributed by atoms with E-state index in [0.29, 0.717) is 36.4 Å². The van der Waals surface area contributed by atoms with Crippen molar-refractivity contribution in [1.82, 2.24) is 4.90 Å². The second-order valence-electron chi connectivity index (χ2n) is 6.80. The molecule has 6 heteroatoms. The van der Waals surface area contributed by atoms with E-state index in [4.69, 9.17) is 21.1 Å². The van der Waals surface area contributed by atoms with Gasteiger partial charge in [-0.1, -0.05) is 27.5 Å². The zero-order chi connectivity index (χ0) is 17.0. The van der Waals surface area contributed by atoms with Crippen LogP contribution in [0.2, 0.25) is 5.02 Å². The van der Waals surface area contributed by atoms with Crippen LogP contribution in [-0.2, 0) is 4.74 Å². The highest BCUT2D eigenvalue weighted by Crippen LogP contribution is 2.29. The molecule has 128 valence electrons. The first-order valence-electron chi connectivity index (χ1n) is 7.80. The van der Waals surface area contributed by atoms with Crippen molar-refractivity contribution in [3.8, 4) is 5.75 Å². The Morgan fingerprint density at radius 2 is 2.00 bits per heavy atom. The summed E-state index contributed by atoms with van der Waals surface area (Å²) in [6, 6.07) is 5.57. The maximum atomic E-state index is 12.0. The zero-order valence-corrected chi connectivity index (χ0v) is 16.1. The van der Waals surface area contributed by atoms with E-state index in [9.17, 15) is 4.79 Å². The van der Waals surface area contributed by atoms with Crippen LogP contribution in [0.4, 0.5) is 4.79 Å². The van der Waals surface area contributed by atoms with Crippen molar-refractivity contribution in [1.29, 1.82) is 0 Å². The summed E-state index contributed by atoms with van der Waals surface area (Å²) in [4.78, 5) is 13.8. The molecule has 0 spiro atoms. The SMILES string of the molecule is CC(C)(C)OC(=O)N1CCC(COc2cc(Br)ccc2Cl)CC1. The summed E-state index contributed by atoms with van der Waals surface area (Å²) >= 11 is 9.54. The minimum absolute atomic E-state index is 0.230. The van der Waals surface area contributed by atoms with E-state index >= 15 is 0 Å². The lowest BCUT2D eigenvalue weighted by molar-refractivity contribution is 0.0165. The number of halogens is 2. The Bertz CT molecular complexity index is 551. The summed E-state index contributed by atoms with van der Waals surface area (Å²) in [5, 5.41) is 0.611. The fourth-order valence-corrected chi connectivity index (χ4v) is 2.92. The third-order valence-corrected chi connectivity index (χ3v) is 4.44. The van der Waals surface area contributed by atoms with E-state index in [1.165, 1.54) is 0 Å². The number of carbonyl (C=O) groups is 1. The maximum absolute atomic E-state index is 12.0. The van der Waals surface area contributed by atoms with Gasteiger partial charge >= 0.3 is 6.09 Å². The molecule has 1 heterocycles. The third-order valence-electron chi connectivity index (χ3n) is 3.63. The zero-order valence-electron chi connectivity index (χ0n) is 13.8. The number of rotatable bonds is 3. The Kier molecular flexibility index (Phi) is 6.20. The highest BCUT2D eigenvalue weighted by atomic mass is 79.9. The van der Waals surface area contributed by atoms with Gasteiger partial charge < -0.3 is 14.4 Å². The van der Waals surface area contributed by atoms with Crippen LogP contribution in [0.15, 0.2) is 22.7 Å². The van der Waals surface area contributed by atoms with Crippen molar-refractivity contribution in [3.63, 3.8) is 0 Å². The molecule has 1 saturated heterocycles. The normalized spacial score (nSPS) is 16.3. The number of nitrogens with zero attached hydrogens (tertiary/aromatic N) is 1. The summed E-state index contributed by atoms with van der Waals surface area (Å²) in [6.45, 7) is 7.66. The Hall–Kier alpha value is -0.940. The molecule has 0 N–H and O–H groups in total. The van der Waals surface area contributed by atoms with Crippen LogP contribution in [0, 0.1) is 5.92 Å². The van der Waals surface area contributed by atoms with Crippen LogP contribution in [-0.4, -0.2) is 36.3 Å². The number of ether oxygens (including phenoxy) is 2. The second kappa shape index (κ2) is 7.75. The van der Waals surface area contributed by atoms with Crippen LogP contribution in [0.1, 0.15) is 33.6 Å². The minimum Gasteiger partial charge on any atom is -0.492 e. The Balaban J connectivity index is 1.79. The van der Waals surface area contributed by atoms with Gasteiger partial charge in [-0.2, -0.15) is 0 Å². The van der Waals surface area contributed by atoms with Gasteiger partial charge in [-0.15, -0.1) is 0 Å². The molecule has 0 unspecified atom stereocenters. The third kappa shape index (κ3) is 5.88. The van der Waals surface area contributed by atoms with Crippen LogP contribution < -0.4 is 4.74 Å². The lowest BCUT2D eigenvalue weighted by Crippen LogP contribution is -2.42. The smallest absolute Gasteiger partial charge is 0.410 e. The van der Waals surface area contributed by atoms with Crippen molar-refractivity contribution in [2.75, 3.05) is 19.7 Å². The summed E-state index contributed by atoms with van der Waals surface area (Å²) in [5.74, 6) is 1.11. The van der Waals surface area contributed by atoms with Gasteiger partial charge in [0, 0.05) is 17.6 Å². The summed E-state index contributed by atoms with van der Waals surface area (Å²) in [7, 11) is 0. The fourth-order valence-electron chi connectivity index (χ4n) is 2.40. The van der Waals surface area contributed by atoms with Gasteiger partial charge in [-0.05, 0) is 57.7 Å². The molecule has 0 atom stereocenters. The van der Waals surface area contributed by atoms with Crippen LogP contribution in [0.5, 0.6) is 5.75 Å². The monoisotopic (exact) mass is 403 g/mol. The average Bonchev–Trinajstić information content (AvgIpc) is 2.47. The van der Waals surface area contributed by atoms with Crippen molar-refractivity contribution >= 4 is 33.6 Å². The molecule has 1 aliphatic rings. The minimum atomic E-state index is -0.450. The molecule has 0 bridgehead atoms. The topological polar surface area (TPSA) is 38.8 Å². The van der Waals surface area contributed by atoms with E-state index in [0.717, 1.165) is 17.3 Å². The van der Waals surface area contributed by atoms with Crippen LogP contribution >= 0.6 is 27.5 Å². The molecule has 1 aliphatic heterocycles. The predicted octanol–water partition coefficient (Wildman–Crippen LogP) is 5.13. The number of hydrogen-bond donors (Lipinski definition) is 0. The molecule has 0 saturated carbocycles. The highest BCUT2D eigenvalue weighted by Gasteiger charge is 2.27. The van der Waals surface area contributed by atoms with E-state index in [1.807, 2.05) is 39.0 Å². The van der Waals surface area contributed by atoms with Gasteiger partial charge in [0.2, 0.25) is 0 Å². The van der Waals surface area contributed by atoms with Gasteiger partial charge in [0.1, 0.15) is 11.4 Å². The van der Waals surface area contributed by atoms with E-state index in [1.54, 1.807) is 4.90 Å². The number of piperidine rings is 1. The molecule has 1 aromatic rings. The van der Waals surface area contributed by atoms with Crippen molar-refractivity contribution in [3.05, 3.63) is 27.7 Å². The molecule has 0 radical (unpaired) electrons. The summed E-state index contributed by atoms with van der Waals surface area (Å²) in [6.07, 6.45) is 1.59. The Morgan fingerprint density at radius 3 is 2.61 bits per heavy atom. The Morgan fingerprint density at radius 1 is 1.35 bits per heavy atom. The number of likely N-dealkylation sites (tertiary alicyclic amines) is 1. The van der Waals surface area contributed by atoms with Crippen LogP contribution in [0.25, 0.3) is 0 Å². The number of amides is 1. The molecule has 4 nitrogen and oxygen atoms in total. The quantitative estimate of drug-likeness (QED) is 0.701. The van der Waals surface area contributed by atoms with Gasteiger partial charge in [-0.25, -0.2) is 4.79 Å². The van der Waals surface area contributed by atoms with Gasteiger partial charge in [0.25, 0.3) is 0 Å². The molecule has 2 rings (SSSR count). The molecule has 23 heavy (non-hydrogen) atoms. The van der Waals surface area contributed by atoms with Gasteiger partial charge in [0.05, 0.1) is 11.6 Å². The first-order valence-corrected chi connectivity index (χ1v) is 8.97. The second-order valence-corrected chi connectivity index (χ2v) is 8.12. The first-order chi connectivity index (χ1) is 10.7. The van der Waals surface area contributed by atoms with E-state index in [2.05, 4.69) is 15.9 Å². The lowest BCUT2D eigenvalue weighted by atomic mass is 9.98. The molecule has 1 amide bonds. The van der Waals surface area contributed by atoms with Crippen molar-refractivity contribution < 1.29 is 14.3 Å². The number of benzene rings is 1. The summed E-state index contributed by atoms with van der Waals surface area (Å²) < 4.78 is 12.2. The van der Waals surface area contributed by atoms with Gasteiger partial charge in [0.15, 0.2) is 0 Å². The van der Waals surface area contributed by atoms with E-state index < -0.39 is 5.60 Å². The lowest BCUT2D eigenvalue weighted by Gasteiger charge is -2.33.